The number of benzene rings is 3. The largest absolute Gasteiger partial charge is 0.490 e. The molecule has 1 amide bonds. The van der Waals surface area contributed by atoms with Crippen LogP contribution in [-0.4, -0.2) is 31.3 Å². The molecule has 8 heteroatoms. The van der Waals surface area contributed by atoms with Crippen LogP contribution in [0.15, 0.2) is 65.8 Å². The minimum absolute atomic E-state index is 0.175. The third-order valence-corrected chi connectivity index (χ3v) is 4.71. The lowest BCUT2D eigenvalue weighted by Gasteiger charge is -2.11. The van der Waals surface area contributed by atoms with Gasteiger partial charge in [-0.25, -0.2) is 14.6 Å². The van der Waals surface area contributed by atoms with Crippen LogP contribution < -0.4 is 19.6 Å². The van der Waals surface area contributed by atoms with E-state index in [9.17, 15) is 14.0 Å². The predicted molar refractivity (Wildman–Crippen MR) is 126 cm³/mol. The van der Waals surface area contributed by atoms with Gasteiger partial charge >= 0.3 is 5.97 Å². The molecule has 0 aliphatic rings. The van der Waals surface area contributed by atoms with Crippen LogP contribution in [0, 0.1) is 19.7 Å². The number of rotatable bonds is 9. The smallest absolute Gasteiger partial charge is 0.343 e. The summed E-state index contributed by atoms with van der Waals surface area (Å²) in [6.07, 6.45) is 1.44. The molecule has 0 heterocycles. The summed E-state index contributed by atoms with van der Waals surface area (Å²) in [6, 6.07) is 15.6. The molecule has 0 unspecified atom stereocenters. The van der Waals surface area contributed by atoms with Gasteiger partial charge in [0, 0.05) is 0 Å². The van der Waals surface area contributed by atoms with Gasteiger partial charge in [0.1, 0.15) is 11.6 Å². The van der Waals surface area contributed by atoms with Crippen molar-refractivity contribution in [1.29, 1.82) is 0 Å². The van der Waals surface area contributed by atoms with E-state index in [0.717, 1.165) is 11.1 Å². The highest BCUT2D eigenvalue weighted by Gasteiger charge is 2.13. The molecule has 3 aromatic carbocycles. The van der Waals surface area contributed by atoms with Crippen molar-refractivity contribution in [3.63, 3.8) is 0 Å². The predicted octanol–water partition coefficient (Wildman–Crippen LogP) is 4.59. The molecule has 0 aliphatic heterocycles. The van der Waals surface area contributed by atoms with E-state index in [4.69, 9.17) is 14.2 Å². The van der Waals surface area contributed by atoms with Crippen LogP contribution in [-0.2, 0) is 4.79 Å². The lowest BCUT2D eigenvalue weighted by Crippen LogP contribution is -2.25. The minimum atomic E-state index is -0.640. The van der Waals surface area contributed by atoms with Crippen molar-refractivity contribution >= 4 is 18.1 Å². The fraction of sp³-hybridized carbons (Fsp3) is 0.192. The SMILES string of the molecule is CCOc1cc(C=NNC(=O)COc2c(C)cccc2C)ccc1OC(=O)c1ccc(F)cc1. The molecule has 0 saturated carbocycles. The number of carbonyl (C=O) groups excluding carboxylic acids is 2. The van der Waals surface area contributed by atoms with Crippen LogP contribution in [0.1, 0.15) is 34.0 Å². The van der Waals surface area contributed by atoms with Gasteiger partial charge < -0.3 is 14.2 Å². The number of halogens is 1. The van der Waals surface area contributed by atoms with E-state index in [-0.39, 0.29) is 17.9 Å². The average molecular weight is 464 g/mol. The molecule has 0 bridgehead atoms. The maximum Gasteiger partial charge on any atom is 0.343 e. The molecular weight excluding hydrogens is 439 g/mol. The number of esters is 1. The Balaban J connectivity index is 1.61. The van der Waals surface area contributed by atoms with Gasteiger partial charge in [0.25, 0.3) is 5.91 Å². The molecule has 0 fully saturated rings. The normalized spacial score (nSPS) is 10.7. The Morgan fingerprint density at radius 3 is 2.35 bits per heavy atom. The van der Waals surface area contributed by atoms with E-state index in [1.807, 2.05) is 32.0 Å². The molecule has 0 radical (unpaired) electrons. The van der Waals surface area contributed by atoms with Gasteiger partial charge in [-0.15, -0.1) is 0 Å². The Kier molecular flexibility index (Phi) is 8.34. The molecule has 0 saturated heterocycles. The molecule has 1 N–H and O–H groups in total. The molecule has 7 nitrogen and oxygen atoms in total. The van der Waals surface area contributed by atoms with Crippen molar-refractivity contribution in [2.24, 2.45) is 5.10 Å². The average Bonchev–Trinajstić information content (AvgIpc) is 2.81. The van der Waals surface area contributed by atoms with Gasteiger partial charge in [-0.1, -0.05) is 18.2 Å². The standard InChI is InChI=1S/C26H25FN2O5/c1-4-32-23-14-19(8-13-22(23)34-26(31)20-9-11-21(27)12-10-20)15-28-29-24(30)16-33-25-17(2)6-5-7-18(25)3/h5-15H,4,16H2,1-3H3,(H,29,30). The van der Waals surface area contributed by atoms with Crippen LogP contribution in [0.5, 0.6) is 17.2 Å². The number of amides is 1. The summed E-state index contributed by atoms with van der Waals surface area (Å²) in [5.41, 5.74) is 5.12. The number of hydrogen-bond acceptors (Lipinski definition) is 6. The van der Waals surface area contributed by atoms with Gasteiger partial charge in [-0.05, 0) is 79.9 Å². The summed E-state index contributed by atoms with van der Waals surface area (Å²) in [4.78, 5) is 24.4. The third-order valence-electron chi connectivity index (χ3n) is 4.71. The molecule has 3 rings (SSSR count). The van der Waals surface area contributed by atoms with E-state index in [2.05, 4.69) is 10.5 Å². The molecule has 0 aliphatic carbocycles. The highest BCUT2D eigenvalue weighted by molar-refractivity contribution is 5.91. The van der Waals surface area contributed by atoms with E-state index in [1.165, 1.54) is 30.5 Å². The molecule has 176 valence electrons. The number of hydrazone groups is 1. The minimum Gasteiger partial charge on any atom is -0.490 e. The van der Waals surface area contributed by atoms with Crippen LogP contribution in [0.25, 0.3) is 0 Å². The first-order chi connectivity index (χ1) is 16.4. The van der Waals surface area contributed by atoms with E-state index in [0.29, 0.717) is 23.7 Å². The van der Waals surface area contributed by atoms with Crippen molar-refractivity contribution in [1.82, 2.24) is 5.43 Å². The van der Waals surface area contributed by atoms with E-state index >= 15 is 0 Å². The second kappa shape index (κ2) is 11.6. The summed E-state index contributed by atoms with van der Waals surface area (Å²) in [7, 11) is 0. The molecular formula is C26H25FN2O5. The number of carbonyl (C=O) groups is 2. The monoisotopic (exact) mass is 464 g/mol. The van der Waals surface area contributed by atoms with Crippen LogP contribution in [0.4, 0.5) is 4.39 Å². The first kappa shape index (κ1) is 24.4. The number of aryl methyl sites for hydroxylation is 2. The quantitative estimate of drug-likeness (QED) is 0.217. The maximum absolute atomic E-state index is 13.1. The lowest BCUT2D eigenvalue weighted by molar-refractivity contribution is -0.123. The Bertz CT molecular complexity index is 1170. The Morgan fingerprint density at radius 1 is 0.971 bits per heavy atom. The van der Waals surface area contributed by atoms with E-state index in [1.54, 1.807) is 25.1 Å². The van der Waals surface area contributed by atoms with Crippen LogP contribution >= 0.6 is 0 Å². The summed E-state index contributed by atoms with van der Waals surface area (Å²) >= 11 is 0. The number of nitrogens with one attached hydrogen (secondary N) is 1. The van der Waals surface area contributed by atoms with Crippen molar-refractivity contribution in [3.05, 3.63) is 88.7 Å². The maximum atomic E-state index is 13.1. The van der Waals surface area contributed by atoms with Gasteiger partial charge in [0.2, 0.25) is 0 Å². The highest BCUT2D eigenvalue weighted by Crippen LogP contribution is 2.29. The highest BCUT2D eigenvalue weighted by atomic mass is 19.1. The van der Waals surface area contributed by atoms with Gasteiger partial charge in [-0.2, -0.15) is 5.10 Å². The molecule has 3 aromatic rings. The summed E-state index contributed by atoms with van der Waals surface area (Å²) in [5.74, 6) is -0.286. The van der Waals surface area contributed by atoms with Crippen LogP contribution in [0.3, 0.4) is 0 Å². The zero-order valence-electron chi connectivity index (χ0n) is 19.1. The topological polar surface area (TPSA) is 86.2 Å². The van der Waals surface area contributed by atoms with Crippen molar-refractivity contribution in [3.8, 4) is 17.2 Å². The molecule has 34 heavy (non-hydrogen) atoms. The van der Waals surface area contributed by atoms with Crippen molar-refractivity contribution < 1.29 is 28.2 Å². The van der Waals surface area contributed by atoms with Crippen molar-refractivity contribution in [2.45, 2.75) is 20.8 Å². The Hall–Kier alpha value is -4.20. The number of nitrogens with zero attached hydrogens (tertiary/aromatic N) is 1. The number of para-hydroxylation sites is 1. The zero-order valence-corrected chi connectivity index (χ0v) is 19.1. The zero-order chi connectivity index (χ0) is 24.5. The third kappa shape index (κ3) is 6.65. The second-order valence-corrected chi connectivity index (χ2v) is 7.34. The van der Waals surface area contributed by atoms with Gasteiger partial charge in [0.05, 0.1) is 18.4 Å². The van der Waals surface area contributed by atoms with E-state index < -0.39 is 17.7 Å². The number of ether oxygens (including phenoxy) is 3. The summed E-state index contributed by atoms with van der Waals surface area (Å²) in [6.45, 7) is 5.78. The number of hydrogen-bond donors (Lipinski definition) is 1. The van der Waals surface area contributed by atoms with Crippen LogP contribution in [0.2, 0.25) is 0 Å². The first-order valence-corrected chi connectivity index (χ1v) is 10.6. The molecule has 0 spiro atoms. The second-order valence-electron chi connectivity index (χ2n) is 7.34. The Labute approximate surface area is 197 Å². The van der Waals surface area contributed by atoms with Gasteiger partial charge in [0.15, 0.2) is 18.1 Å². The summed E-state index contributed by atoms with van der Waals surface area (Å²) < 4.78 is 29.6. The molecule has 0 atom stereocenters. The Morgan fingerprint density at radius 2 is 1.68 bits per heavy atom. The molecule has 0 aromatic heterocycles. The fourth-order valence-corrected chi connectivity index (χ4v) is 3.08. The van der Waals surface area contributed by atoms with Crippen molar-refractivity contribution in [2.75, 3.05) is 13.2 Å². The fourth-order valence-electron chi connectivity index (χ4n) is 3.08. The first-order valence-electron chi connectivity index (χ1n) is 10.6. The lowest BCUT2D eigenvalue weighted by atomic mass is 10.1. The van der Waals surface area contributed by atoms with Gasteiger partial charge in [-0.3, -0.25) is 4.79 Å². The summed E-state index contributed by atoms with van der Waals surface area (Å²) in [5, 5.41) is 3.94.